The van der Waals surface area contributed by atoms with Crippen molar-refractivity contribution in [2.24, 2.45) is 0 Å². The van der Waals surface area contributed by atoms with Crippen LogP contribution in [0, 0.1) is 20.2 Å². The standard InChI is InChI=1S/C12H8Br2N2O4/c13-9-3-1-8(2-4-9)11-6-5-10(14)7-12(11,15(17)18)16(19)20/h1-6H,7H2. The van der Waals surface area contributed by atoms with Gasteiger partial charge >= 0.3 is 5.66 Å². The van der Waals surface area contributed by atoms with Gasteiger partial charge in [-0.2, -0.15) is 0 Å². The van der Waals surface area contributed by atoms with E-state index in [2.05, 4.69) is 31.9 Å². The average molecular weight is 404 g/mol. The summed E-state index contributed by atoms with van der Waals surface area (Å²) in [5.74, 6) is 0. The third-order valence-corrected chi connectivity index (χ3v) is 4.11. The van der Waals surface area contributed by atoms with Gasteiger partial charge in [0.2, 0.25) is 0 Å². The third-order valence-electron chi connectivity index (χ3n) is 3.04. The summed E-state index contributed by atoms with van der Waals surface area (Å²) in [6, 6.07) is 6.61. The zero-order valence-corrected chi connectivity index (χ0v) is 13.1. The van der Waals surface area contributed by atoms with Gasteiger partial charge in [-0.3, -0.25) is 20.2 Å². The van der Waals surface area contributed by atoms with Gasteiger partial charge in [0.05, 0.1) is 0 Å². The van der Waals surface area contributed by atoms with Crippen molar-refractivity contribution in [1.29, 1.82) is 0 Å². The molecule has 0 atom stereocenters. The minimum absolute atomic E-state index is 0.0724. The van der Waals surface area contributed by atoms with Crippen molar-refractivity contribution in [2.75, 3.05) is 0 Å². The topological polar surface area (TPSA) is 86.3 Å². The molecule has 0 aliphatic heterocycles. The molecule has 1 aromatic rings. The Kier molecular flexibility index (Phi) is 4.05. The first-order valence-corrected chi connectivity index (χ1v) is 7.08. The van der Waals surface area contributed by atoms with Gasteiger partial charge in [0, 0.05) is 8.96 Å². The van der Waals surface area contributed by atoms with Crippen LogP contribution in [0.2, 0.25) is 0 Å². The highest BCUT2D eigenvalue weighted by atomic mass is 79.9. The highest BCUT2D eigenvalue weighted by Crippen LogP contribution is 2.40. The molecule has 0 fully saturated rings. The highest BCUT2D eigenvalue weighted by molar-refractivity contribution is 9.11. The molecule has 1 aromatic carbocycles. The van der Waals surface area contributed by atoms with Crippen LogP contribution in [0.3, 0.4) is 0 Å². The van der Waals surface area contributed by atoms with Gasteiger partial charge in [0.15, 0.2) is 0 Å². The molecule has 6 nitrogen and oxygen atoms in total. The second kappa shape index (κ2) is 5.45. The number of rotatable bonds is 3. The Morgan fingerprint density at radius 1 is 1.00 bits per heavy atom. The van der Waals surface area contributed by atoms with Crippen molar-refractivity contribution in [2.45, 2.75) is 12.1 Å². The molecule has 0 saturated carbocycles. The van der Waals surface area contributed by atoms with E-state index in [1.165, 1.54) is 6.08 Å². The molecule has 0 saturated heterocycles. The summed E-state index contributed by atoms with van der Waals surface area (Å²) < 4.78 is 1.22. The van der Waals surface area contributed by atoms with Crippen LogP contribution in [0.15, 0.2) is 45.4 Å². The van der Waals surface area contributed by atoms with E-state index in [0.29, 0.717) is 10.0 Å². The predicted molar refractivity (Wildman–Crippen MR) is 80.5 cm³/mol. The minimum atomic E-state index is -2.36. The Balaban J connectivity index is 2.64. The van der Waals surface area contributed by atoms with Crippen LogP contribution in [0.1, 0.15) is 12.0 Å². The van der Waals surface area contributed by atoms with Crippen molar-refractivity contribution in [3.05, 3.63) is 71.2 Å². The normalized spacial score (nSPS) is 17.1. The molecular formula is C12H8Br2N2O4. The Morgan fingerprint density at radius 2 is 1.55 bits per heavy atom. The molecule has 0 bridgehead atoms. The van der Waals surface area contributed by atoms with Crippen molar-refractivity contribution in [1.82, 2.24) is 0 Å². The van der Waals surface area contributed by atoms with Crippen LogP contribution in [-0.4, -0.2) is 15.5 Å². The van der Waals surface area contributed by atoms with E-state index < -0.39 is 15.5 Å². The lowest BCUT2D eigenvalue weighted by Gasteiger charge is -2.22. The fourth-order valence-corrected chi connectivity index (χ4v) is 2.83. The fraction of sp³-hybridized carbons (Fsp3) is 0.167. The summed E-state index contributed by atoms with van der Waals surface area (Å²) in [6.07, 6.45) is 2.71. The summed E-state index contributed by atoms with van der Waals surface area (Å²) in [5.41, 5.74) is -1.83. The van der Waals surface area contributed by atoms with Crippen LogP contribution in [-0.2, 0) is 0 Å². The number of halogens is 2. The highest BCUT2D eigenvalue weighted by Gasteiger charge is 2.61. The minimum Gasteiger partial charge on any atom is -0.258 e. The number of benzene rings is 1. The van der Waals surface area contributed by atoms with Crippen LogP contribution >= 0.6 is 31.9 Å². The quantitative estimate of drug-likeness (QED) is 0.436. The maximum absolute atomic E-state index is 11.4. The molecule has 0 aromatic heterocycles. The number of hydrogen-bond acceptors (Lipinski definition) is 4. The van der Waals surface area contributed by atoms with Crippen molar-refractivity contribution < 1.29 is 9.85 Å². The van der Waals surface area contributed by atoms with E-state index in [1.54, 1.807) is 30.3 Å². The fourth-order valence-electron chi connectivity index (χ4n) is 2.05. The number of nitrogens with zero attached hydrogens (tertiary/aromatic N) is 2. The van der Waals surface area contributed by atoms with E-state index in [4.69, 9.17) is 0 Å². The molecule has 1 aliphatic rings. The van der Waals surface area contributed by atoms with Gasteiger partial charge in [-0.25, -0.2) is 0 Å². The molecule has 2 rings (SSSR count). The van der Waals surface area contributed by atoms with Gasteiger partial charge in [-0.1, -0.05) is 50.1 Å². The average Bonchev–Trinajstić information content (AvgIpc) is 2.39. The smallest absolute Gasteiger partial charge is 0.258 e. The monoisotopic (exact) mass is 402 g/mol. The van der Waals surface area contributed by atoms with Gasteiger partial charge in [-0.15, -0.1) is 0 Å². The summed E-state index contributed by atoms with van der Waals surface area (Å²) in [7, 11) is 0. The molecule has 0 spiro atoms. The van der Waals surface area contributed by atoms with Crippen molar-refractivity contribution in [3.63, 3.8) is 0 Å². The first-order valence-electron chi connectivity index (χ1n) is 5.49. The molecule has 0 radical (unpaired) electrons. The summed E-state index contributed by atoms with van der Waals surface area (Å²) in [5, 5.41) is 22.8. The Bertz CT molecular complexity index is 623. The van der Waals surface area contributed by atoms with Crippen LogP contribution in [0.25, 0.3) is 5.57 Å². The lowest BCUT2D eigenvalue weighted by Crippen LogP contribution is -2.48. The van der Waals surface area contributed by atoms with Crippen LogP contribution < -0.4 is 0 Å². The SMILES string of the molecule is O=[N+]([O-])C1([N+](=O)[O-])CC(Br)=CC=C1c1ccc(Br)cc1. The largest absolute Gasteiger partial charge is 0.489 e. The summed E-state index contributed by atoms with van der Waals surface area (Å²) >= 11 is 6.37. The zero-order valence-electron chi connectivity index (χ0n) is 9.95. The molecule has 8 heteroatoms. The number of allylic oxidation sites excluding steroid dienone is 2. The molecule has 0 N–H and O–H groups in total. The lowest BCUT2D eigenvalue weighted by molar-refractivity contribution is -0.775. The second-order valence-electron chi connectivity index (χ2n) is 4.21. The van der Waals surface area contributed by atoms with Gasteiger partial charge in [-0.05, 0) is 23.8 Å². The maximum atomic E-state index is 11.4. The molecule has 0 unspecified atom stereocenters. The molecule has 1 aliphatic carbocycles. The first kappa shape index (κ1) is 14.9. The number of hydrogen-bond donors (Lipinski definition) is 0. The summed E-state index contributed by atoms with van der Waals surface area (Å²) in [4.78, 5) is 21.1. The molecule has 20 heavy (non-hydrogen) atoms. The molecule has 0 heterocycles. The molecule has 104 valence electrons. The van der Waals surface area contributed by atoms with Gasteiger partial charge < -0.3 is 0 Å². The van der Waals surface area contributed by atoms with Crippen LogP contribution in [0.4, 0.5) is 0 Å². The first-order chi connectivity index (χ1) is 9.37. The van der Waals surface area contributed by atoms with Gasteiger partial charge in [0.1, 0.15) is 21.8 Å². The molecule has 0 amide bonds. The third kappa shape index (κ3) is 2.40. The number of nitro groups is 2. The van der Waals surface area contributed by atoms with Crippen molar-refractivity contribution in [3.8, 4) is 0 Å². The predicted octanol–water partition coefficient (Wildman–Crippen LogP) is 3.76. The Morgan fingerprint density at radius 3 is 2.05 bits per heavy atom. The second-order valence-corrected chi connectivity index (χ2v) is 6.14. The van der Waals surface area contributed by atoms with E-state index >= 15 is 0 Å². The van der Waals surface area contributed by atoms with E-state index in [0.717, 1.165) is 4.47 Å². The Labute approximate surface area is 130 Å². The van der Waals surface area contributed by atoms with E-state index in [1.807, 2.05) is 0 Å². The van der Waals surface area contributed by atoms with Crippen molar-refractivity contribution >= 4 is 37.4 Å². The van der Waals surface area contributed by atoms with E-state index in [9.17, 15) is 20.2 Å². The zero-order chi connectivity index (χ0) is 14.9. The van der Waals surface area contributed by atoms with Crippen LogP contribution in [0.5, 0.6) is 0 Å². The maximum Gasteiger partial charge on any atom is 0.489 e. The Hall–Kier alpha value is -1.54. The lowest BCUT2D eigenvalue weighted by atomic mass is 9.87. The van der Waals surface area contributed by atoms with E-state index in [-0.39, 0.29) is 12.0 Å². The molecular weight excluding hydrogens is 396 g/mol. The van der Waals surface area contributed by atoms with Gasteiger partial charge in [0.25, 0.3) is 0 Å². The summed E-state index contributed by atoms with van der Waals surface area (Å²) in [6.45, 7) is 0.